The van der Waals surface area contributed by atoms with Gasteiger partial charge >= 0.3 is 0 Å². The number of hydrogen-bond acceptors (Lipinski definition) is 3. The number of ether oxygens (including phenoxy) is 1. The van der Waals surface area contributed by atoms with E-state index in [2.05, 4.69) is 24.4 Å². The molecule has 3 heteroatoms. The van der Waals surface area contributed by atoms with Crippen LogP contribution in [0, 0.1) is 0 Å². The highest BCUT2D eigenvalue weighted by atomic mass is 16.5. The topological polar surface area (TPSA) is 41.5 Å². The van der Waals surface area contributed by atoms with Crippen molar-refractivity contribution in [1.82, 2.24) is 5.32 Å². The maximum Gasteiger partial charge on any atom is 0.122 e. The lowest BCUT2D eigenvalue weighted by Gasteiger charge is -2.17. The molecule has 0 bridgehead atoms. The van der Waals surface area contributed by atoms with Gasteiger partial charge in [0.1, 0.15) is 5.75 Å². The first-order valence-electron chi connectivity index (χ1n) is 6.30. The Kier molecular flexibility index (Phi) is 4.02. The fourth-order valence-electron chi connectivity index (χ4n) is 2.34. The number of rotatable bonds is 5. The minimum absolute atomic E-state index is 0.246. The van der Waals surface area contributed by atoms with Crippen LogP contribution in [0.15, 0.2) is 24.3 Å². The lowest BCUT2D eigenvalue weighted by atomic mass is 10.0. The Bertz CT molecular complexity index is 365. The van der Waals surface area contributed by atoms with Gasteiger partial charge in [0.25, 0.3) is 0 Å². The molecule has 3 atom stereocenters. The Morgan fingerprint density at radius 2 is 2.18 bits per heavy atom. The van der Waals surface area contributed by atoms with E-state index < -0.39 is 0 Å². The Hall–Kier alpha value is -1.06. The van der Waals surface area contributed by atoms with Crippen LogP contribution < -0.4 is 10.1 Å². The summed E-state index contributed by atoms with van der Waals surface area (Å²) < 4.78 is 5.64. The summed E-state index contributed by atoms with van der Waals surface area (Å²) in [5.74, 6) is 1.45. The van der Waals surface area contributed by atoms with Gasteiger partial charge in [-0.15, -0.1) is 0 Å². The summed E-state index contributed by atoms with van der Waals surface area (Å²) in [5.41, 5.74) is 1.30. The number of benzene rings is 1. The van der Waals surface area contributed by atoms with E-state index in [0.717, 1.165) is 25.3 Å². The summed E-state index contributed by atoms with van der Waals surface area (Å²) in [6, 6.07) is 8.55. The molecule has 1 aromatic carbocycles. The number of fused-ring (bicyclic) bond motifs is 1. The summed E-state index contributed by atoms with van der Waals surface area (Å²) in [6.45, 7) is 5.60. The SMILES string of the molecule is CC(O)CC(C)NCC1COc2ccccc21. The summed E-state index contributed by atoms with van der Waals surface area (Å²) in [4.78, 5) is 0. The molecule has 0 fully saturated rings. The fraction of sp³-hybridized carbons (Fsp3) is 0.571. The van der Waals surface area contributed by atoms with Gasteiger partial charge in [0.15, 0.2) is 0 Å². The Labute approximate surface area is 103 Å². The lowest BCUT2D eigenvalue weighted by molar-refractivity contribution is 0.170. The van der Waals surface area contributed by atoms with Crippen LogP contribution in [0.2, 0.25) is 0 Å². The van der Waals surface area contributed by atoms with Gasteiger partial charge in [-0.05, 0) is 26.3 Å². The van der Waals surface area contributed by atoms with Crippen LogP contribution in [0.5, 0.6) is 5.75 Å². The Balaban J connectivity index is 1.85. The molecular weight excluding hydrogens is 214 g/mol. The second-order valence-electron chi connectivity index (χ2n) is 4.94. The summed E-state index contributed by atoms with van der Waals surface area (Å²) in [7, 11) is 0. The van der Waals surface area contributed by atoms with Gasteiger partial charge in [-0.1, -0.05) is 18.2 Å². The average molecular weight is 235 g/mol. The van der Waals surface area contributed by atoms with Gasteiger partial charge in [-0.2, -0.15) is 0 Å². The zero-order valence-corrected chi connectivity index (χ0v) is 10.5. The third-order valence-electron chi connectivity index (χ3n) is 3.21. The van der Waals surface area contributed by atoms with Gasteiger partial charge in [0.2, 0.25) is 0 Å². The first kappa shape index (κ1) is 12.4. The van der Waals surface area contributed by atoms with Gasteiger partial charge in [-0.3, -0.25) is 0 Å². The molecule has 0 spiro atoms. The zero-order chi connectivity index (χ0) is 12.3. The standard InChI is InChI=1S/C14H21NO2/c1-10(7-11(2)16)15-8-12-9-17-14-6-4-3-5-13(12)14/h3-6,10-12,15-16H,7-9H2,1-2H3. The van der Waals surface area contributed by atoms with Gasteiger partial charge in [0.05, 0.1) is 12.7 Å². The third-order valence-corrected chi connectivity index (χ3v) is 3.21. The van der Waals surface area contributed by atoms with E-state index in [1.807, 2.05) is 19.1 Å². The number of aliphatic hydroxyl groups is 1. The summed E-state index contributed by atoms with van der Waals surface area (Å²) in [6.07, 6.45) is 0.541. The first-order chi connectivity index (χ1) is 8.16. The van der Waals surface area contributed by atoms with Gasteiger partial charge in [-0.25, -0.2) is 0 Å². The second-order valence-corrected chi connectivity index (χ2v) is 4.94. The van der Waals surface area contributed by atoms with E-state index in [0.29, 0.717) is 12.0 Å². The minimum atomic E-state index is -0.246. The van der Waals surface area contributed by atoms with E-state index >= 15 is 0 Å². The predicted octanol–water partition coefficient (Wildman–Crippen LogP) is 1.91. The number of para-hydroxylation sites is 1. The van der Waals surface area contributed by atoms with Gasteiger partial charge in [0, 0.05) is 24.1 Å². The van der Waals surface area contributed by atoms with Crippen LogP contribution in [-0.4, -0.2) is 30.4 Å². The van der Waals surface area contributed by atoms with Crippen molar-refractivity contribution >= 4 is 0 Å². The lowest BCUT2D eigenvalue weighted by Crippen LogP contribution is -2.33. The minimum Gasteiger partial charge on any atom is -0.493 e. The fourth-order valence-corrected chi connectivity index (χ4v) is 2.34. The normalized spacial score (nSPS) is 21.7. The van der Waals surface area contributed by atoms with Crippen LogP contribution in [0.25, 0.3) is 0 Å². The predicted molar refractivity (Wildman–Crippen MR) is 68.4 cm³/mol. The van der Waals surface area contributed by atoms with Crippen LogP contribution in [0.4, 0.5) is 0 Å². The van der Waals surface area contributed by atoms with Crippen molar-refractivity contribution in [2.75, 3.05) is 13.2 Å². The number of hydrogen-bond donors (Lipinski definition) is 2. The van der Waals surface area contributed by atoms with Crippen LogP contribution in [0.3, 0.4) is 0 Å². The van der Waals surface area contributed by atoms with E-state index in [1.165, 1.54) is 5.56 Å². The molecule has 3 nitrogen and oxygen atoms in total. The van der Waals surface area contributed by atoms with Crippen molar-refractivity contribution in [1.29, 1.82) is 0 Å². The van der Waals surface area contributed by atoms with Crippen LogP contribution in [0.1, 0.15) is 31.7 Å². The second kappa shape index (κ2) is 5.52. The van der Waals surface area contributed by atoms with Crippen LogP contribution in [-0.2, 0) is 0 Å². The van der Waals surface area contributed by atoms with Crippen molar-refractivity contribution in [3.63, 3.8) is 0 Å². The zero-order valence-electron chi connectivity index (χ0n) is 10.5. The highest BCUT2D eigenvalue weighted by molar-refractivity contribution is 5.39. The maximum atomic E-state index is 9.31. The van der Waals surface area contributed by atoms with E-state index in [9.17, 15) is 5.11 Å². The van der Waals surface area contributed by atoms with Crippen LogP contribution >= 0.6 is 0 Å². The molecule has 1 heterocycles. The Morgan fingerprint density at radius 3 is 2.94 bits per heavy atom. The van der Waals surface area contributed by atoms with E-state index in [4.69, 9.17) is 4.74 Å². The molecule has 1 aliphatic rings. The quantitative estimate of drug-likeness (QED) is 0.819. The third kappa shape index (κ3) is 3.20. The molecule has 0 aliphatic carbocycles. The molecule has 2 rings (SSSR count). The molecule has 1 aliphatic heterocycles. The summed E-state index contributed by atoms with van der Waals surface area (Å²) in [5, 5.41) is 12.8. The van der Waals surface area contributed by atoms with Gasteiger partial charge < -0.3 is 15.2 Å². The largest absolute Gasteiger partial charge is 0.493 e. The molecule has 1 aromatic rings. The molecule has 0 aromatic heterocycles. The first-order valence-corrected chi connectivity index (χ1v) is 6.30. The molecule has 17 heavy (non-hydrogen) atoms. The van der Waals surface area contributed by atoms with Crippen molar-refractivity contribution < 1.29 is 9.84 Å². The van der Waals surface area contributed by atoms with Crippen molar-refractivity contribution in [2.45, 2.75) is 38.3 Å². The van der Waals surface area contributed by atoms with Crippen molar-refractivity contribution in [3.05, 3.63) is 29.8 Å². The molecule has 0 amide bonds. The molecule has 94 valence electrons. The van der Waals surface area contributed by atoms with E-state index in [-0.39, 0.29) is 6.10 Å². The highest BCUT2D eigenvalue weighted by Crippen LogP contribution is 2.32. The number of aliphatic hydroxyl groups excluding tert-OH is 1. The molecular formula is C14H21NO2. The summed E-state index contributed by atoms with van der Waals surface area (Å²) >= 11 is 0. The molecule has 0 saturated carbocycles. The smallest absolute Gasteiger partial charge is 0.122 e. The highest BCUT2D eigenvalue weighted by Gasteiger charge is 2.23. The number of nitrogens with one attached hydrogen (secondary N) is 1. The van der Waals surface area contributed by atoms with Crippen molar-refractivity contribution in [2.24, 2.45) is 0 Å². The molecule has 0 radical (unpaired) electrons. The average Bonchev–Trinajstić information content (AvgIpc) is 2.69. The van der Waals surface area contributed by atoms with E-state index in [1.54, 1.807) is 0 Å². The monoisotopic (exact) mass is 235 g/mol. The molecule has 0 saturated heterocycles. The Morgan fingerprint density at radius 1 is 1.41 bits per heavy atom. The molecule has 2 N–H and O–H groups in total. The molecule has 3 unspecified atom stereocenters. The van der Waals surface area contributed by atoms with Crippen molar-refractivity contribution in [3.8, 4) is 5.75 Å². The maximum absolute atomic E-state index is 9.31.